The van der Waals surface area contributed by atoms with Crippen LogP contribution in [0.3, 0.4) is 0 Å². The number of rotatable bonds is 2. The number of aromatic nitrogens is 4. The second-order valence-electron chi connectivity index (χ2n) is 4.55. The van der Waals surface area contributed by atoms with Crippen LogP contribution in [0.5, 0.6) is 5.75 Å². The Kier molecular flexibility index (Phi) is 3.48. The molecular weight excluding hydrogens is 281 g/mol. The van der Waals surface area contributed by atoms with Gasteiger partial charge in [0, 0.05) is 12.1 Å². The molecule has 0 bridgehead atoms. The molecule has 0 radical (unpaired) electrons. The number of hydrogen-bond acceptors (Lipinski definition) is 6. The van der Waals surface area contributed by atoms with Crippen LogP contribution in [0.4, 0.5) is 4.39 Å². The maximum absolute atomic E-state index is 13.0. The Morgan fingerprint density at radius 3 is 3.10 bits per heavy atom. The monoisotopic (exact) mass is 293 g/mol. The maximum Gasteiger partial charge on any atom is 0.254 e. The lowest BCUT2D eigenvalue weighted by Gasteiger charge is -2.31. The minimum Gasteiger partial charge on any atom is -0.505 e. The van der Waals surface area contributed by atoms with E-state index in [9.17, 15) is 14.3 Å². The third-order valence-electron chi connectivity index (χ3n) is 3.20. The third kappa shape index (κ3) is 2.68. The first-order chi connectivity index (χ1) is 10.1. The molecule has 1 atom stereocenters. The van der Waals surface area contributed by atoms with Crippen molar-refractivity contribution >= 4 is 5.91 Å². The van der Waals surface area contributed by atoms with Crippen molar-refractivity contribution in [3.05, 3.63) is 35.4 Å². The van der Waals surface area contributed by atoms with Crippen molar-refractivity contribution < 1.29 is 19.0 Å². The summed E-state index contributed by atoms with van der Waals surface area (Å²) in [6, 6.07) is 3.49. The number of nitrogens with zero attached hydrogens (tertiary/aromatic N) is 4. The van der Waals surface area contributed by atoms with Crippen molar-refractivity contribution in [3.8, 4) is 5.75 Å². The largest absolute Gasteiger partial charge is 0.505 e. The summed E-state index contributed by atoms with van der Waals surface area (Å²) in [7, 11) is 0. The second kappa shape index (κ2) is 5.44. The number of morpholine rings is 1. The van der Waals surface area contributed by atoms with Crippen LogP contribution in [0, 0.1) is 5.82 Å². The van der Waals surface area contributed by atoms with E-state index in [1.54, 1.807) is 0 Å². The van der Waals surface area contributed by atoms with E-state index >= 15 is 0 Å². The van der Waals surface area contributed by atoms with Gasteiger partial charge in [0.05, 0.1) is 13.2 Å². The zero-order valence-corrected chi connectivity index (χ0v) is 10.9. The van der Waals surface area contributed by atoms with Crippen molar-refractivity contribution in [2.24, 2.45) is 0 Å². The van der Waals surface area contributed by atoms with Crippen LogP contribution in [-0.2, 0) is 4.74 Å². The van der Waals surface area contributed by atoms with E-state index in [1.807, 2.05) is 0 Å². The summed E-state index contributed by atoms with van der Waals surface area (Å²) >= 11 is 0. The lowest BCUT2D eigenvalue weighted by atomic mass is 10.1. The van der Waals surface area contributed by atoms with Crippen molar-refractivity contribution in [1.29, 1.82) is 0 Å². The van der Waals surface area contributed by atoms with Gasteiger partial charge in [0.25, 0.3) is 5.91 Å². The van der Waals surface area contributed by atoms with Gasteiger partial charge in [-0.25, -0.2) is 4.39 Å². The standard InChI is InChI=1S/C12H12FN5O3/c13-8-2-1-7(5-9(8)19)12(20)18-3-4-21-10(6-18)11-14-16-17-15-11/h1-2,5,10,19H,3-4,6H2,(H,14,15,16,17). The summed E-state index contributed by atoms with van der Waals surface area (Å²) in [4.78, 5) is 13.9. The first-order valence-corrected chi connectivity index (χ1v) is 6.28. The highest BCUT2D eigenvalue weighted by Gasteiger charge is 2.28. The fraction of sp³-hybridized carbons (Fsp3) is 0.333. The third-order valence-corrected chi connectivity index (χ3v) is 3.20. The molecule has 0 spiro atoms. The summed E-state index contributed by atoms with van der Waals surface area (Å²) in [5.74, 6) is -1.27. The van der Waals surface area contributed by atoms with Crippen LogP contribution >= 0.6 is 0 Å². The number of halogens is 1. The van der Waals surface area contributed by atoms with Gasteiger partial charge in [-0.15, -0.1) is 10.2 Å². The van der Waals surface area contributed by atoms with Crippen molar-refractivity contribution in [3.63, 3.8) is 0 Å². The zero-order valence-electron chi connectivity index (χ0n) is 10.9. The van der Waals surface area contributed by atoms with Gasteiger partial charge in [-0.2, -0.15) is 5.21 Å². The Balaban J connectivity index is 1.76. The molecule has 1 amide bonds. The number of aromatic hydroxyl groups is 1. The van der Waals surface area contributed by atoms with Crippen molar-refractivity contribution in [2.45, 2.75) is 6.10 Å². The van der Waals surface area contributed by atoms with Gasteiger partial charge < -0.3 is 14.7 Å². The molecule has 1 aromatic heterocycles. The van der Waals surface area contributed by atoms with Gasteiger partial charge in [0.1, 0.15) is 6.10 Å². The molecule has 0 saturated carbocycles. The Labute approximate surface area is 118 Å². The Morgan fingerprint density at radius 1 is 1.52 bits per heavy atom. The van der Waals surface area contributed by atoms with E-state index in [4.69, 9.17) is 4.74 Å². The molecule has 0 aliphatic carbocycles. The molecule has 2 heterocycles. The molecule has 3 rings (SSSR count). The lowest BCUT2D eigenvalue weighted by Crippen LogP contribution is -2.42. The number of aromatic amines is 1. The van der Waals surface area contributed by atoms with Crippen molar-refractivity contribution in [2.75, 3.05) is 19.7 Å². The topological polar surface area (TPSA) is 104 Å². The Morgan fingerprint density at radius 2 is 2.38 bits per heavy atom. The molecular formula is C12H12FN5O3. The molecule has 1 unspecified atom stereocenters. The van der Waals surface area contributed by atoms with E-state index in [2.05, 4.69) is 20.6 Å². The summed E-state index contributed by atoms with van der Waals surface area (Å²) in [5, 5.41) is 22.8. The molecule has 110 valence electrons. The van der Waals surface area contributed by atoms with Gasteiger partial charge in [-0.1, -0.05) is 5.21 Å². The Bertz CT molecular complexity index is 648. The smallest absolute Gasteiger partial charge is 0.254 e. The first-order valence-electron chi connectivity index (χ1n) is 6.28. The highest BCUT2D eigenvalue weighted by Crippen LogP contribution is 2.22. The highest BCUT2D eigenvalue weighted by molar-refractivity contribution is 5.94. The lowest BCUT2D eigenvalue weighted by molar-refractivity contribution is -0.0268. The van der Waals surface area contributed by atoms with E-state index in [0.29, 0.717) is 19.0 Å². The summed E-state index contributed by atoms with van der Waals surface area (Å²) < 4.78 is 18.5. The van der Waals surface area contributed by atoms with E-state index in [-0.39, 0.29) is 18.0 Å². The average molecular weight is 293 g/mol. The van der Waals surface area contributed by atoms with Gasteiger partial charge in [-0.05, 0) is 18.2 Å². The summed E-state index contributed by atoms with van der Waals surface area (Å²) in [6.07, 6.45) is -0.463. The highest BCUT2D eigenvalue weighted by atomic mass is 19.1. The van der Waals surface area contributed by atoms with Crippen molar-refractivity contribution in [1.82, 2.24) is 25.5 Å². The molecule has 1 aromatic carbocycles. The number of phenolic OH excluding ortho intramolecular Hbond substituents is 1. The minimum atomic E-state index is -0.766. The molecule has 1 aliphatic rings. The predicted molar refractivity (Wildman–Crippen MR) is 66.8 cm³/mol. The number of amides is 1. The number of phenols is 1. The summed E-state index contributed by atoms with van der Waals surface area (Å²) in [6.45, 7) is 0.986. The van der Waals surface area contributed by atoms with Crippen LogP contribution in [0.15, 0.2) is 18.2 Å². The SMILES string of the molecule is O=C(c1ccc(F)c(O)c1)N1CCOC(c2nn[nH]n2)C1. The fourth-order valence-corrected chi connectivity index (χ4v) is 2.12. The zero-order chi connectivity index (χ0) is 14.8. The van der Waals surface area contributed by atoms with Crippen LogP contribution in [-0.4, -0.2) is 56.2 Å². The molecule has 2 aromatic rings. The van der Waals surface area contributed by atoms with Crippen LogP contribution in [0.1, 0.15) is 22.3 Å². The number of hydrogen-bond donors (Lipinski definition) is 2. The van der Waals surface area contributed by atoms with E-state index < -0.39 is 17.7 Å². The maximum atomic E-state index is 13.0. The molecule has 21 heavy (non-hydrogen) atoms. The average Bonchev–Trinajstić information content (AvgIpc) is 3.04. The number of carbonyl (C=O) groups excluding carboxylic acids is 1. The van der Waals surface area contributed by atoms with Gasteiger partial charge in [0.15, 0.2) is 11.6 Å². The molecule has 2 N–H and O–H groups in total. The normalized spacial score (nSPS) is 18.7. The quantitative estimate of drug-likeness (QED) is 0.823. The summed E-state index contributed by atoms with van der Waals surface area (Å²) in [5.41, 5.74) is 0.211. The number of tetrazole rings is 1. The van der Waals surface area contributed by atoms with Crippen LogP contribution < -0.4 is 0 Å². The molecule has 9 heteroatoms. The molecule has 8 nitrogen and oxygen atoms in total. The number of benzene rings is 1. The van der Waals surface area contributed by atoms with Gasteiger partial charge in [0.2, 0.25) is 5.82 Å². The van der Waals surface area contributed by atoms with Crippen LogP contribution in [0.25, 0.3) is 0 Å². The van der Waals surface area contributed by atoms with Gasteiger partial charge >= 0.3 is 0 Å². The second-order valence-corrected chi connectivity index (χ2v) is 4.55. The predicted octanol–water partition coefficient (Wildman–Crippen LogP) is 0.258. The number of nitrogens with one attached hydrogen (secondary N) is 1. The van der Waals surface area contributed by atoms with E-state index in [0.717, 1.165) is 12.1 Å². The number of ether oxygens (including phenoxy) is 1. The number of carbonyl (C=O) groups is 1. The van der Waals surface area contributed by atoms with E-state index in [1.165, 1.54) is 11.0 Å². The minimum absolute atomic E-state index is 0.211. The molecule has 1 aliphatic heterocycles. The Hall–Kier alpha value is -2.55. The molecule has 1 saturated heterocycles. The van der Waals surface area contributed by atoms with Gasteiger partial charge in [-0.3, -0.25) is 4.79 Å². The van der Waals surface area contributed by atoms with Crippen LogP contribution in [0.2, 0.25) is 0 Å². The molecule has 1 fully saturated rings. The number of H-pyrrole nitrogens is 1. The first kappa shape index (κ1) is 13.4. The fourth-order valence-electron chi connectivity index (χ4n) is 2.12.